The lowest BCUT2D eigenvalue weighted by molar-refractivity contribution is -0.122. The summed E-state index contributed by atoms with van der Waals surface area (Å²) in [5.41, 5.74) is 2.19. The summed E-state index contributed by atoms with van der Waals surface area (Å²) in [5.74, 6) is -3.08. The Balaban J connectivity index is 1.39. The summed E-state index contributed by atoms with van der Waals surface area (Å²) in [6, 6.07) is 17.3. The first kappa shape index (κ1) is 30.6. The molecule has 2 aliphatic rings. The van der Waals surface area contributed by atoms with Crippen LogP contribution in [0.25, 0.3) is 0 Å². The Labute approximate surface area is 269 Å². The molecule has 6 rings (SSSR count). The molecular formula is C29H22Cl2N4O6S3. The number of carbonyl (C=O) groups excluding carboxylic acids is 3. The number of nitrogens with zero attached hydrogens (tertiary/aromatic N) is 2. The quantitative estimate of drug-likeness (QED) is 0.281. The van der Waals surface area contributed by atoms with Gasteiger partial charge in [0.1, 0.15) is 11.8 Å². The van der Waals surface area contributed by atoms with Gasteiger partial charge in [0.15, 0.2) is 0 Å². The minimum atomic E-state index is -3.91. The summed E-state index contributed by atoms with van der Waals surface area (Å²) in [5, 5.41) is 7.72. The molecular weight excluding hydrogens is 667 g/mol. The summed E-state index contributed by atoms with van der Waals surface area (Å²) in [4.78, 5) is 55.4. The largest absolute Gasteiger partial charge is 0.325 e. The molecule has 2 aliphatic heterocycles. The van der Waals surface area contributed by atoms with Crippen LogP contribution < -0.4 is 20.2 Å². The number of rotatable bonds is 6. The van der Waals surface area contributed by atoms with Gasteiger partial charge in [-0.3, -0.25) is 23.7 Å². The maximum Gasteiger partial charge on any atom is 0.308 e. The number of aromatic nitrogens is 1. The van der Waals surface area contributed by atoms with Crippen LogP contribution in [0.4, 0.5) is 11.4 Å². The Morgan fingerprint density at radius 3 is 2.32 bits per heavy atom. The van der Waals surface area contributed by atoms with Gasteiger partial charge in [0.05, 0.1) is 31.6 Å². The van der Waals surface area contributed by atoms with E-state index in [2.05, 4.69) is 5.32 Å². The molecule has 1 fully saturated rings. The molecule has 0 aliphatic carbocycles. The van der Waals surface area contributed by atoms with Crippen LogP contribution in [0.1, 0.15) is 21.9 Å². The van der Waals surface area contributed by atoms with Crippen molar-refractivity contribution in [3.63, 3.8) is 0 Å². The van der Waals surface area contributed by atoms with Crippen LogP contribution in [0.3, 0.4) is 0 Å². The molecule has 0 spiro atoms. The molecule has 3 heterocycles. The van der Waals surface area contributed by atoms with E-state index in [-0.39, 0.29) is 14.9 Å². The lowest BCUT2D eigenvalue weighted by Crippen LogP contribution is -2.33. The second-order valence-electron chi connectivity index (χ2n) is 10.3. The maximum absolute atomic E-state index is 14.0. The molecule has 1 aromatic heterocycles. The van der Waals surface area contributed by atoms with E-state index in [9.17, 15) is 27.6 Å². The fraction of sp³-hybridized carbons (Fsp3) is 0.172. The average Bonchev–Trinajstić information content (AvgIpc) is 3.41. The third-order valence-corrected chi connectivity index (χ3v) is 11.8. The lowest BCUT2D eigenvalue weighted by Gasteiger charge is -2.31. The van der Waals surface area contributed by atoms with Gasteiger partial charge in [-0.05, 0) is 55.0 Å². The van der Waals surface area contributed by atoms with E-state index in [0.29, 0.717) is 26.8 Å². The number of fused-ring (bicyclic) bond motifs is 2. The van der Waals surface area contributed by atoms with Crippen molar-refractivity contribution in [1.29, 1.82) is 0 Å². The summed E-state index contributed by atoms with van der Waals surface area (Å²) in [6.45, 7) is 1.50. The molecule has 0 radical (unpaired) electrons. The van der Waals surface area contributed by atoms with Gasteiger partial charge < -0.3 is 5.32 Å². The second kappa shape index (κ2) is 11.5. The zero-order chi connectivity index (χ0) is 31.5. The number of halogens is 2. The number of hydrogen-bond donors (Lipinski definition) is 2. The van der Waals surface area contributed by atoms with Crippen LogP contribution in [0.5, 0.6) is 0 Å². The molecule has 0 bridgehead atoms. The van der Waals surface area contributed by atoms with Crippen LogP contribution in [0.2, 0.25) is 10.0 Å². The normalized spacial score (nSPS) is 19.5. The van der Waals surface area contributed by atoms with Crippen molar-refractivity contribution in [1.82, 2.24) is 4.57 Å². The van der Waals surface area contributed by atoms with E-state index in [1.807, 2.05) is 19.1 Å². The van der Waals surface area contributed by atoms with Gasteiger partial charge in [0.25, 0.3) is 0 Å². The number of aryl methyl sites for hydroxylation is 1. The number of benzene rings is 3. The molecule has 0 saturated carbocycles. The number of imide groups is 1. The summed E-state index contributed by atoms with van der Waals surface area (Å²) < 4.78 is 24.4. The highest BCUT2D eigenvalue weighted by atomic mass is 35.5. The Bertz CT molecular complexity index is 2010. The fourth-order valence-corrected chi connectivity index (χ4v) is 9.08. The van der Waals surface area contributed by atoms with Crippen LogP contribution >= 0.6 is 46.3 Å². The van der Waals surface area contributed by atoms with Gasteiger partial charge >= 0.3 is 4.87 Å². The molecule has 15 heteroatoms. The van der Waals surface area contributed by atoms with E-state index in [1.54, 1.807) is 30.3 Å². The van der Waals surface area contributed by atoms with Crippen LogP contribution in [-0.2, 0) is 31.0 Å². The lowest BCUT2D eigenvalue weighted by atomic mass is 9.83. The molecule has 3 N–H and O–H groups in total. The van der Waals surface area contributed by atoms with Gasteiger partial charge in [-0.25, -0.2) is 18.5 Å². The molecule has 44 heavy (non-hydrogen) atoms. The Morgan fingerprint density at radius 1 is 0.977 bits per heavy atom. The summed E-state index contributed by atoms with van der Waals surface area (Å²) in [7, 11) is -3.91. The molecule has 1 saturated heterocycles. The first-order valence-electron chi connectivity index (χ1n) is 13.1. The number of primary sulfonamides is 1. The number of carbonyl (C=O) groups is 3. The zero-order valence-electron chi connectivity index (χ0n) is 22.7. The predicted octanol–water partition coefficient (Wildman–Crippen LogP) is 4.61. The van der Waals surface area contributed by atoms with Crippen LogP contribution in [-0.4, -0.2) is 36.0 Å². The first-order chi connectivity index (χ1) is 20.8. The molecule has 3 aromatic carbocycles. The molecule has 10 nitrogen and oxygen atoms in total. The van der Waals surface area contributed by atoms with Gasteiger partial charge in [-0.1, -0.05) is 76.1 Å². The van der Waals surface area contributed by atoms with Crippen molar-refractivity contribution in [2.24, 2.45) is 11.1 Å². The topological polar surface area (TPSA) is 149 Å². The minimum Gasteiger partial charge on any atom is -0.325 e. The first-order valence-corrected chi connectivity index (χ1v) is 17.1. The number of anilines is 2. The molecule has 4 aromatic rings. The molecule has 226 valence electrons. The minimum absolute atomic E-state index is 0.120. The van der Waals surface area contributed by atoms with E-state index in [1.165, 1.54) is 33.7 Å². The Morgan fingerprint density at radius 2 is 1.66 bits per heavy atom. The smallest absolute Gasteiger partial charge is 0.308 e. The van der Waals surface area contributed by atoms with Crippen molar-refractivity contribution < 1.29 is 22.8 Å². The van der Waals surface area contributed by atoms with Gasteiger partial charge in [-0.2, -0.15) is 0 Å². The summed E-state index contributed by atoms with van der Waals surface area (Å²) >= 11 is 15.0. The molecule has 3 amide bonds. The highest BCUT2D eigenvalue weighted by Crippen LogP contribution is 2.55. The van der Waals surface area contributed by atoms with Crippen molar-refractivity contribution in [3.05, 3.63) is 102 Å². The summed E-state index contributed by atoms with van der Waals surface area (Å²) in [6.07, 6.45) is 0. The number of nitrogens with two attached hydrogens (primary N) is 1. The monoisotopic (exact) mass is 688 g/mol. The predicted molar refractivity (Wildman–Crippen MR) is 170 cm³/mol. The van der Waals surface area contributed by atoms with Crippen LogP contribution in [0.15, 0.2) is 81.4 Å². The number of sulfonamides is 1. The second-order valence-corrected chi connectivity index (χ2v) is 14.7. The van der Waals surface area contributed by atoms with Gasteiger partial charge in [-0.15, -0.1) is 0 Å². The number of thiazole rings is 1. The average molecular weight is 690 g/mol. The van der Waals surface area contributed by atoms with Crippen molar-refractivity contribution in [2.45, 2.75) is 34.6 Å². The van der Waals surface area contributed by atoms with Crippen molar-refractivity contribution in [3.8, 4) is 0 Å². The van der Waals surface area contributed by atoms with Crippen LogP contribution in [0, 0.1) is 12.8 Å². The highest BCUT2D eigenvalue weighted by Gasteiger charge is 2.57. The number of nitrogens with one attached hydrogen (secondary N) is 1. The SMILES string of the molecule is Cc1ccc(N2C(=O)[C@H]3[C@H](c4cccc(Cl)c4Cl)c4sc(=O)n(CC(=O)Nc5ccc(S(N)(=O)=O)cc5)c4S[C@H]3C2=O)cc1. The highest BCUT2D eigenvalue weighted by molar-refractivity contribution is 8.00. The van der Waals surface area contributed by atoms with Gasteiger partial charge in [0.2, 0.25) is 27.7 Å². The van der Waals surface area contributed by atoms with E-state index >= 15 is 0 Å². The Hall–Kier alpha value is -3.46. The maximum atomic E-state index is 14.0. The van der Waals surface area contributed by atoms with E-state index < -0.39 is 56.2 Å². The third kappa shape index (κ3) is 5.37. The molecule has 0 unspecified atom stereocenters. The number of thioether (sulfide) groups is 1. The standard InChI is InChI=1S/C29H22Cl2N4O6S3/c1-14-5-9-16(10-6-14)35-26(37)22-21(18-3-2-4-19(30)23(18)31)25-28(42-24(22)27(35)38)34(29(39)43-25)13-20(36)33-15-7-11-17(12-8-15)44(32,40)41/h2-12,21-22,24H,13H2,1H3,(H,33,36)(H2,32,40,41)/t21-,22-,24+/m0/s1. The number of amides is 3. The van der Waals surface area contributed by atoms with Crippen molar-refractivity contribution >= 4 is 85.4 Å². The van der Waals surface area contributed by atoms with Gasteiger partial charge in [0, 0.05) is 16.5 Å². The number of hydrogen-bond acceptors (Lipinski definition) is 8. The van der Waals surface area contributed by atoms with E-state index in [0.717, 1.165) is 28.7 Å². The zero-order valence-corrected chi connectivity index (χ0v) is 26.7. The Kier molecular flexibility index (Phi) is 7.97. The van der Waals surface area contributed by atoms with Crippen molar-refractivity contribution in [2.75, 3.05) is 10.2 Å². The molecule has 3 atom stereocenters. The fourth-order valence-electron chi connectivity index (χ4n) is 5.37. The van der Waals surface area contributed by atoms with E-state index in [4.69, 9.17) is 28.3 Å². The third-order valence-electron chi connectivity index (χ3n) is 7.43.